The van der Waals surface area contributed by atoms with E-state index in [4.69, 9.17) is 0 Å². The van der Waals surface area contributed by atoms with Gasteiger partial charge in [0.25, 0.3) is 0 Å². The quantitative estimate of drug-likeness (QED) is 0.610. The van der Waals surface area contributed by atoms with Crippen molar-refractivity contribution in [2.45, 2.75) is 39.3 Å². The van der Waals surface area contributed by atoms with E-state index in [9.17, 15) is 9.59 Å². The van der Waals surface area contributed by atoms with E-state index >= 15 is 0 Å². The van der Waals surface area contributed by atoms with Gasteiger partial charge in [0.1, 0.15) is 0 Å². The fraction of sp³-hybridized carbons (Fsp3) is 0.333. The largest absolute Gasteiger partial charge is 0.326 e. The Hall–Kier alpha value is -2.41. The average molecular weight is 358 g/mol. The molecule has 132 valence electrons. The summed E-state index contributed by atoms with van der Waals surface area (Å²) in [6, 6.07) is 7.29. The summed E-state index contributed by atoms with van der Waals surface area (Å²) in [5.74, 6) is 0.0682. The molecule has 1 heterocycles. The van der Waals surface area contributed by atoms with Crippen molar-refractivity contribution >= 4 is 35.0 Å². The molecule has 0 spiro atoms. The molecule has 2 N–H and O–H groups in total. The standard InChI is InChI=1S/C18H22N4O2S/c1-5-16(23)21-14-6-7-15(11(2)8-14)22-17(24)10-25-18-19-12(3)9-13(4)20-18/h6-9H,5,10H2,1-4H3,(H,21,23)(H,22,24). The zero-order valence-corrected chi connectivity index (χ0v) is 15.7. The van der Waals surface area contributed by atoms with Gasteiger partial charge in [0.05, 0.1) is 5.75 Å². The number of aryl methyl sites for hydroxylation is 3. The lowest BCUT2D eigenvalue weighted by molar-refractivity contribution is -0.116. The third-order valence-electron chi connectivity index (χ3n) is 3.40. The minimum Gasteiger partial charge on any atom is -0.326 e. The van der Waals surface area contributed by atoms with Crippen LogP contribution in [0.2, 0.25) is 0 Å². The first kappa shape index (κ1) is 18.9. The van der Waals surface area contributed by atoms with Gasteiger partial charge in [0.15, 0.2) is 5.16 Å². The number of hydrogen-bond acceptors (Lipinski definition) is 5. The Bertz CT molecular complexity index is 772. The van der Waals surface area contributed by atoms with E-state index < -0.39 is 0 Å². The van der Waals surface area contributed by atoms with Crippen LogP contribution >= 0.6 is 11.8 Å². The average Bonchev–Trinajstić information content (AvgIpc) is 2.54. The summed E-state index contributed by atoms with van der Waals surface area (Å²) in [4.78, 5) is 32.2. The van der Waals surface area contributed by atoms with E-state index in [1.165, 1.54) is 11.8 Å². The summed E-state index contributed by atoms with van der Waals surface area (Å²) in [5.41, 5.74) is 4.10. The highest BCUT2D eigenvalue weighted by Gasteiger charge is 2.09. The fourth-order valence-corrected chi connectivity index (χ4v) is 2.96. The number of anilines is 2. The summed E-state index contributed by atoms with van der Waals surface area (Å²) in [6.45, 7) is 7.49. The van der Waals surface area contributed by atoms with E-state index in [0.29, 0.717) is 11.6 Å². The molecule has 25 heavy (non-hydrogen) atoms. The summed E-state index contributed by atoms with van der Waals surface area (Å²) in [6.07, 6.45) is 0.426. The molecule has 7 heteroatoms. The monoisotopic (exact) mass is 358 g/mol. The van der Waals surface area contributed by atoms with Gasteiger partial charge >= 0.3 is 0 Å². The lowest BCUT2D eigenvalue weighted by Crippen LogP contribution is -2.15. The molecule has 2 amide bonds. The van der Waals surface area contributed by atoms with Crippen molar-refractivity contribution in [2.75, 3.05) is 16.4 Å². The van der Waals surface area contributed by atoms with E-state index in [1.54, 1.807) is 19.1 Å². The molecule has 0 radical (unpaired) electrons. The Morgan fingerprint density at radius 3 is 2.28 bits per heavy atom. The van der Waals surface area contributed by atoms with Gasteiger partial charge in [-0.3, -0.25) is 9.59 Å². The normalized spacial score (nSPS) is 10.4. The molecule has 0 saturated heterocycles. The zero-order chi connectivity index (χ0) is 18.4. The van der Waals surface area contributed by atoms with Crippen LogP contribution in [-0.2, 0) is 9.59 Å². The number of thioether (sulfide) groups is 1. The van der Waals surface area contributed by atoms with Gasteiger partial charge in [-0.2, -0.15) is 0 Å². The molecule has 0 bridgehead atoms. The van der Waals surface area contributed by atoms with Gasteiger partial charge in [0, 0.05) is 29.2 Å². The number of nitrogens with one attached hydrogen (secondary N) is 2. The molecule has 2 aromatic rings. The predicted octanol–water partition coefficient (Wildman–Crippen LogP) is 3.48. The lowest BCUT2D eigenvalue weighted by Gasteiger charge is -2.11. The molecule has 0 saturated carbocycles. The van der Waals surface area contributed by atoms with Crippen LogP contribution in [0, 0.1) is 20.8 Å². The van der Waals surface area contributed by atoms with E-state index in [0.717, 1.165) is 28.3 Å². The minimum absolute atomic E-state index is 0.0407. The third kappa shape index (κ3) is 5.86. The fourth-order valence-electron chi connectivity index (χ4n) is 2.21. The van der Waals surface area contributed by atoms with Crippen LogP contribution in [0.1, 0.15) is 30.3 Å². The van der Waals surface area contributed by atoms with Crippen molar-refractivity contribution < 1.29 is 9.59 Å². The van der Waals surface area contributed by atoms with Crippen LogP contribution in [0.25, 0.3) is 0 Å². The summed E-state index contributed by atoms with van der Waals surface area (Å²) in [5, 5.41) is 6.27. The summed E-state index contributed by atoms with van der Waals surface area (Å²) < 4.78 is 0. The van der Waals surface area contributed by atoms with Gasteiger partial charge in [0.2, 0.25) is 11.8 Å². The van der Waals surface area contributed by atoms with E-state index in [-0.39, 0.29) is 17.6 Å². The van der Waals surface area contributed by atoms with Crippen LogP contribution in [0.3, 0.4) is 0 Å². The van der Waals surface area contributed by atoms with Crippen LogP contribution in [0.5, 0.6) is 0 Å². The highest BCUT2D eigenvalue weighted by molar-refractivity contribution is 7.99. The van der Waals surface area contributed by atoms with Crippen LogP contribution in [-0.4, -0.2) is 27.5 Å². The number of carbonyl (C=O) groups is 2. The predicted molar refractivity (Wildman–Crippen MR) is 101 cm³/mol. The molecule has 0 unspecified atom stereocenters. The number of rotatable bonds is 6. The highest BCUT2D eigenvalue weighted by Crippen LogP contribution is 2.21. The van der Waals surface area contributed by atoms with Crippen LogP contribution < -0.4 is 10.6 Å². The molecule has 0 atom stereocenters. The molecular weight excluding hydrogens is 336 g/mol. The first-order chi connectivity index (χ1) is 11.9. The Balaban J connectivity index is 1.94. The van der Waals surface area contributed by atoms with Crippen molar-refractivity contribution in [2.24, 2.45) is 0 Å². The van der Waals surface area contributed by atoms with Gasteiger partial charge < -0.3 is 10.6 Å². The molecule has 0 aliphatic heterocycles. The Morgan fingerprint density at radius 1 is 1.00 bits per heavy atom. The Morgan fingerprint density at radius 2 is 1.68 bits per heavy atom. The topological polar surface area (TPSA) is 84.0 Å². The second kappa shape index (κ2) is 8.62. The molecule has 6 nitrogen and oxygen atoms in total. The van der Waals surface area contributed by atoms with Gasteiger partial charge in [-0.15, -0.1) is 0 Å². The Kier molecular flexibility index (Phi) is 6.52. The maximum Gasteiger partial charge on any atom is 0.234 e. The minimum atomic E-state index is -0.124. The van der Waals surface area contributed by atoms with Crippen molar-refractivity contribution in [1.29, 1.82) is 0 Å². The number of aromatic nitrogens is 2. The van der Waals surface area contributed by atoms with Crippen molar-refractivity contribution in [3.63, 3.8) is 0 Å². The number of nitrogens with zero attached hydrogens (tertiary/aromatic N) is 2. The molecular formula is C18H22N4O2S. The first-order valence-corrected chi connectivity index (χ1v) is 9.01. The summed E-state index contributed by atoms with van der Waals surface area (Å²) >= 11 is 1.31. The van der Waals surface area contributed by atoms with E-state index in [2.05, 4.69) is 20.6 Å². The van der Waals surface area contributed by atoms with Crippen LogP contribution in [0.15, 0.2) is 29.4 Å². The molecule has 0 fully saturated rings. The van der Waals surface area contributed by atoms with E-state index in [1.807, 2.05) is 32.9 Å². The number of benzene rings is 1. The maximum absolute atomic E-state index is 12.2. The zero-order valence-electron chi connectivity index (χ0n) is 14.8. The Labute approximate surface area is 151 Å². The first-order valence-electron chi connectivity index (χ1n) is 8.03. The second-order valence-electron chi connectivity index (χ2n) is 5.70. The second-order valence-corrected chi connectivity index (χ2v) is 6.64. The van der Waals surface area contributed by atoms with Gasteiger partial charge in [-0.1, -0.05) is 18.7 Å². The molecule has 1 aromatic heterocycles. The molecule has 0 aliphatic rings. The SMILES string of the molecule is CCC(=O)Nc1ccc(NC(=O)CSc2nc(C)cc(C)n2)c(C)c1. The number of carbonyl (C=O) groups excluding carboxylic acids is 2. The molecule has 2 rings (SSSR count). The smallest absolute Gasteiger partial charge is 0.234 e. The summed E-state index contributed by atoms with van der Waals surface area (Å²) in [7, 11) is 0. The highest BCUT2D eigenvalue weighted by atomic mass is 32.2. The maximum atomic E-state index is 12.2. The van der Waals surface area contributed by atoms with Gasteiger partial charge in [-0.05, 0) is 50.6 Å². The number of amides is 2. The molecule has 0 aliphatic carbocycles. The number of hydrogen-bond donors (Lipinski definition) is 2. The van der Waals surface area contributed by atoms with Crippen molar-refractivity contribution in [3.8, 4) is 0 Å². The molecule has 1 aromatic carbocycles. The third-order valence-corrected chi connectivity index (χ3v) is 4.25. The lowest BCUT2D eigenvalue weighted by atomic mass is 10.1. The van der Waals surface area contributed by atoms with Crippen LogP contribution in [0.4, 0.5) is 11.4 Å². The van der Waals surface area contributed by atoms with Crippen molar-refractivity contribution in [1.82, 2.24) is 9.97 Å². The van der Waals surface area contributed by atoms with Crippen molar-refractivity contribution in [3.05, 3.63) is 41.2 Å². The van der Waals surface area contributed by atoms with Gasteiger partial charge in [-0.25, -0.2) is 9.97 Å².